The summed E-state index contributed by atoms with van der Waals surface area (Å²) in [5.74, 6) is 2.71. The van der Waals surface area contributed by atoms with Crippen LogP contribution in [0, 0.1) is 6.92 Å². The maximum atomic E-state index is 4.60. The summed E-state index contributed by atoms with van der Waals surface area (Å²) in [5.41, 5.74) is 2.36. The van der Waals surface area contributed by atoms with Crippen LogP contribution in [-0.4, -0.2) is 61.2 Å². The quantitative estimate of drug-likeness (QED) is 0.913. The Labute approximate surface area is 155 Å². The molecule has 1 N–H and O–H groups in total. The van der Waals surface area contributed by atoms with Crippen LogP contribution in [0.25, 0.3) is 0 Å². The Kier molecular flexibility index (Phi) is 4.93. The molecule has 1 aromatic heterocycles. The molecule has 0 radical (unpaired) electrons. The number of aryl methyl sites for hydroxylation is 1. The third-order valence-corrected chi connectivity index (χ3v) is 5.26. The maximum Gasteiger partial charge on any atom is 0.136 e. The number of hydrogen-bond donors (Lipinski definition) is 1. The van der Waals surface area contributed by atoms with Crippen LogP contribution in [0.3, 0.4) is 0 Å². The third kappa shape index (κ3) is 3.90. The highest BCUT2D eigenvalue weighted by atomic mass is 15.2. The van der Waals surface area contributed by atoms with Crippen molar-refractivity contribution in [2.45, 2.75) is 19.8 Å². The number of likely N-dealkylation sites (N-methyl/N-ethyl adjacent to an activating group) is 1. The number of piperazine rings is 1. The van der Waals surface area contributed by atoms with Gasteiger partial charge in [0.2, 0.25) is 0 Å². The highest BCUT2D eigenvalue weighted by molar-refractivity contribution is 5.63. The van der Waals surface area contributed by atoms with Gasteiger partial charge in [0.15, 0.2) is 0 Å². The van der Waals surface area contributed by atoms with Gasteiger partial charge in [-0.2, -0.15) is 0 Å². The van der Waals surface area contributed by atoms with Crippen molar-refractivity contribution in [3.8, 4) is 0 Å². The smallest absolute Gasteiger partial charge is 0.136 e. The molecule has 2 saturated heterocycles. The average Bonchev–Trinajstić information content (AvgIpc) is 3.17. The molecular weight excluding hydrogens is 324 g/mol. The third-order valence-electron chi connectivity index (χ3n) is 5.26. The summed E-state index contributed by atoms with van der Waals surface area (Å²) in [5, 5.41) is 3.44. The van der Waals surface area contributed by atoms with Crippen molar-refractivity contribution in [3.63, 3.8) is 0 Å². The predicted octanol–water partition coefficient (Wildman–Crippen LogP) is 2.88. The van der Waals surface area contributed by atoms with E-state index in [1.54, 1.807) is 0 Å². The maximum absolute atomic E-state index is 4.60. The van der Waals surface area contributed by atoms with Crippen LogP contribution >= 0.6 is 0 Å². The Morgan fingerprint density at radius 3 is 2.23 bits per heavy atom. The van der Waals surface area contributed by atoms with E-state index in [0.717, 1.165) is 62.4 Å². The summed E-state index contributed by atoms with van der Waals surface area (Å²) >= 11 is 0. The molecule has 2 fully saturated rings. The minimum atomic E-state index is 0.811. The van der Waals surface area contributed by atoms with Gasteiger partial charge in [-0.3, -0.25) is 0 Å². The van der Waals surface area contributed by atoms with Crippen molar-refractivity contribution in [3.05, 3.63) is 36.2 Å². The Morgan fingerprint density at radius 2 is 1.54 bits per heavy atom. The first-order valence-electron chi connectivity index (χ1n) is 9.58. The lowest BCUT2D eigenvalue weighted by molar-refractivity contribution is 0.313. The van der Waals surface area contributed by atoms with Crippen molar-refractivity contribution in [1.82, 2.24) is 14.9 Å². The molecule has 1 aromatic carbocycles. The van der Waals surface area contributed by atoms with Gasteiger partial charge in [0.05, 0.1) is 0 Å². The van der Waals surface area contributed by atoms with E-state index in [-0.39, 0.29) is 0 Å². The molecule has 0 spiro atoms. The molecule has 0 saturated carbocycles. The largest absolute Gasteiger partial charge is 0.369 e. The molecule has 0 atom stereocenters. The summed E-state index contributed by atoms with van der Waals surface area (Å²) in [6.07, 6.45) is 2.50. The lowest BCUT2D eigenvalue weighted by atomic mass is 10.2. The van der Waals surface area contributed by atoms with E-state index in [2.05, 4.69) is 67.4 Å². The van der Waals surface area contributed by atoms with E-state index in [1.807, 2.05) is 6.92 Å². The van der Waals surface area contributed by atoms with Crippen LogP contribution in [0.1, 0.15) is 18.7 Å². The van der Waals surface area contributed by atoms with E-state index in [4.69, 9.17) is 0 Å². The zero-order valence-electron chi connectivity index (χ0n) is 15.8. The Hall–Kier alpha value is -2.34. The van der Waals surface area contributed by atoms with Gasteiger partial charge >= 0.3 is 0 Å². The molecule has 138 valence electrons. The van der Waals surface area contributed by atoms with E-state index < -0.39 is 0 Å². The molecule has 0 unspecified atom stereocenters. The highest BCUT2D eigenvalue weighted by Crippen LogP contribution is 2.24. The predicted molar refractivity (Wildman–Crippen MR) is 108 cm³/mol. The Morgan fingerprint density at radius 1 is 0.846 bits per heavy atom. The van der Waals surface area contributed by atoms with Gasteiger partial charge in [-0.1, -0.05) is 0 Å². The standard InChI is InChI=1S/C20H28N6/c1-16-21-19(15-20(22-16)26-9-3-4-10-26)23-17-5-7-18(8-6-17)25-13-11-24(2)12-14-25/h5-8,15H,3-4,9-14H2,1-2H3,(H,21,22,23). The molecule has 0 aliphatic carbocycles. The van der Waals surface area contributed by atoms with Crippen LogP contribution in [-0.2, 0) is 0 Å². The fourth-order valence-corrected chi connectivity index (χ4v) is 3.69. The van der Waals surface area contributed by atoms with Crippen molar-refractivity contribution in [2.24, 2.45) is 0 Å². The number of aromatic nitrogens is 2. The molecule has 6 nitrogen and oxygen atoms in total. The highest BCUT2D eigenvalue weighted by Gasteiger charge is 2.16. The lowest BCUT2D eigenvalue weighted by Gasteiger charge is -2.34. The normalized spacial score (nSPS) is 18.4. The number of nitrogens with zero attached hydrogens (tertiary/aromatic N) is 5. The van der Waals surface area contributed by atoms with Gasteiger partial charge in [0.25, 0.3) is 0 Å². The minimum absolute atomic E-state index is 0.811. The molecule has 2 aromatic rings. The second-order valence-electron chi connectivity index (χ2n) is 7.31. The molecule has 2 aliphatic heterocycles. The summed E-state index contributed by atoms with van der Waals surface area (Å²) in [6, 6.07) is 10.7. The summed E-state index contributed by atoms with van der Waals surface area (Å²) < 4.78 is 0. The fraction of sp³-hybridized carbons (Fsp3) is 0.500. The zero-order chi connectivity index (χ0) is 17.9. The Bertz CT molecular complexity index is 730. The second-order valence-corrected chi connectivity index (χ2v) is 7.31. The molecular formula is C20H28N6. The van der Waals surface area contributed by atoms with E-state index >= 15 is 0 Å². The first kappa shape index (κ1) is 17.1. The minimum Gasteiger partial charge on any atom is -0.369 e. The van der Waals surface area contributed by atoms with Gasteiger partial charge in [-0.05, 0) is 51.1 Å². The zero-order valence-corrected chi connectivity index (χ0v) is 15.8. The summed E-state index contributed by atoms with van der Waals surface area (Å²) in [4.78, 5) is 16.3. The number of hydrogen-bond acceptors (Lipinski definition) is 6. The molecule has 0 bridgehead atoms. The molecule has 6 heteroatoms. The van der Waals surface area contributed by atoms with Gasteiger partial charge in [0.1, 0.15) is 17.5 Å². The SMILES string of the molecule is Cc1nc(Nc2ccc(N3CCN(C)CC3)cc2)cc(N2CCCC2)n1. The molecule has 4 rings (SSSR count). The van der Waals surface area contributed by atoms with Crippen molar-refractivity contribution in [1.29, 1.82) is 0 Å². The molecule has 2 aliphatic rings. The number of nitrogens with one attached hydrogen (secondary N) is 1. The van der Waals surface area contributed by atoms with Gasteiger partial charge in [-0.15, -0.1) is 0 Å². The van der Waals surface area contributed by atoms with Crippen LogP contribution in [0.15, 0.2) is 30.3 Å². The Balaban J connectivity index is 1.45. The van der Waals surface area contributed by atoms with Crippen LogP contribution < -0.4 is 15.1 Å². The number of anilines is 4. The molecule has 0 amide bonds. The number of rotatable bonds is 4. The van der Waals surface area contributed by atoms with Crippen molar-refractivity contribution in [2.75, 3.05) is 61.4 Å². The first-order valence-corrected chi connectivity index (χ1v) is 9.58. The van der Waals surface area contributed by atoms with Gasteiger partial charge < -0.3 is 20.0 Å². The molecule has 26 heavy (non-hydrogen) atoms. The van der Waals surface area contributed by atoms with Crippen LogP contribution in [0.5, 0.6) is 0 Å². The van der Waals surface area contributed by atoms with E-state index in [1.165, 1.54) is 18.5 Å². The topological polar surface area (TPSA) is 47.5 Å². The number of benzene rings is 1. The molecule has 3 heterocycles. The summed E-state index contributed by atoms with van der Waals surface area (Å²) in [6.45, 7) is 8.58. The van der Waals surface area contributed by atoms with Crippen molar-refractivity contribution >= 4 is 23.0 Å². The van der Waals surface area contributed by atoms with Gasteiger partial charge in [-0.25, -0.2) is 9.97 Å². The lowest BCUT2D eigenvalue weighted by Crippen LogP contribution is -2.44. The van der Waals surface area contributed by atoms with E-state index in [9.17, 15) is 0 Å². The monoisotopic (exact) mass is 352 g/mol. The van der Waals surface area contributed by atoms with Crippen LogP contribution in [0.4, 0.5) is 23.0 Å². The van der Waals surface area contributed by atoms with E-state index in [0.29, 0.717) is 0 Å². The second kappa shape index (κ2) is 7.50. The average molecular weight is 352 g/mol. The van der Waals surface area contributed by atoms with Gasteiger partial charge in [0, 0.05) is 56.7 Å². The van der Waals surface area contributed by atoms with Crippen LogP contribution in [0.2, 0.25) is 0 Å². The fourth-order valence-electron chi connectivity index (χ4n) is 3.69. The first-order chi connectivity index (χ1) is 12.7. The van der Waals surface area contributed by atoms with Crippen molar-refractivity contribution < 1.29 is 0 Å². The summed E-state index contributed by atoms with van der Waals surface area (Å²) in [7, 11) is 2.18.